The summed E-state index contributed by atoms with van der Waals surface area (Å²) in [4.78, 5) is 0. The van der Waals surface area contributed by atoms with E-state index in [1.165, 1.54) is 0 Å². The van der Waals surface area contributed by atoms with Crippen LogP contribution in [0.2, 0.25) is 0 Å². The summed E-state index contributed by atoms with van der Waals surface area (Å²) in [5.74, 6) is 0.631. The number of ether oxygens (including phenoxy) is 1. The normalized spacial score (nSPS) is 12.5. The van der Waals surface area contributed by atoms with E-state index in [-0.39, 0.29) is 6.04 Å². The van der Waals surface area contributed by atoms with Gasteiger partial charge in [-0.05, 0) is 42.5 Å². The molecule has 7 heteroatoms. The summed E-state index contributed by atoms with van der Waals surface area (Å²) in [6.45, 7) is 5.15. The van der Waals surface area contributed by atoms with Crippen molar-refractivity contribution in [2.75, 3.05) is 24.7 Å². The maximum Gasteiger partial charge on any atom is 0.182 e. The number of anilines is 2. The summed E-state index contributed by atoms with van der Waals surface area (Å²) in [7, 11) is 0. The predicted octanol–water partition coefficient (Wildman–Crippen LogP) is 1.10. The third kappa shape index (κ3) is 3.00. The van der Waals surface area contributed by atoms with E-state index in [2.05, 4.69) is 15.5 Å². The minimum atomic E-state index is 0.0348. The number of hydrogen-bond acceptors (Lipinski definition) is 6. The molecule has 0 bridgehead atoms. The lowest BCUT2D eigenvalue weighted by atomic mass is 10.1. The van der Waals surface area contributed by atoms with Crippen LogP contribution in [0, 0.1) is 0 Å². The lowest BCUT2D eigenvalue weighted by Gasteiger charge is -2.13. The van der Waals surface area contributed by atoms with Crippen LogP contribution in [0.1, 0.15) is 19.9 Å². The van der Waals surface area contributed by atoms with Crippen molar-refractivity contribution in [2.24, 2.45) is 0 Å². The highest BCUT2D eigenvalue weighted by Gasteiger charge is 2.15. The number of hydrogen-bond donors (Lipinski definition) is 2. The number of aromatic nitrogens is 4. The van der Waals surface area contributed by atoms with Crippen LogP contribution in [-0.2, 0) is 4.74 Å². The predicted molar refractivity (Wildman–Crippen MR) is 73.3 cm³/mol. The number of rotatable bonds is 5. The maximum atomic E-state index is 5.79. The Kier molecular flexibility index (Phi) is 3.96. The first-order valence-electron chi connectivity index (χ1n) is 6.13. The zero-order valence-corrected chi connectivity index (χ0v) is 11.1. The van der Waals surface area contributed by atoms with E-state index in [1.54, 1.807) is 22.9 Å². The van der Waals surface area contributed by atoms with Crippen molar-refractivity contribution >= 4 is 11.4 Å². The molecule has 7 nitrogen and oxygen atoms in total. The van der Waals surface area contributed by atoms with Gasteiger partial charge in [0.25, 0.3) is 0 Å². The van der Waals surface area contributed by atoms with Gasteiger partial charge in [-0.2, -0.15) is 0 Å². The third-order valence-corrected chi connectivity index (χ3v) is 2.71. The molecule has 102 valence electrons. The molecule has 0 spiro atoms. The van der Waals surface area contributed by atoms with E-state index >= 15 is 0 Å². The minimum absolute atomic E-state index is 0.0348. The van der Waals surface area contributed by atoms with Gasteiger partial charge < -0.3 is 16.2 Å². The van der Waals surface area contributed by atoms with Crippen molar-refractivity contribution < 1.29 is 4.74 Å². The van der Waals surface area contributed by atoms with Crippen molar-refractivity contribution in [3.8, 4) is 11.4 Å². The Morgan fingerprint density at radius 2 is 1.95 bits per heavy atom. The molecule has 1 unspecified atom stereocenters. The van der Waals surface area contributed by atoms with Gasteiger partial charge >= 0.3 is 0 Å². The molecule has 0 saturated carbocycles. The Hall–Kier alpha value is -2.15. The second kappa shape index (κ2) is 5.66. The molecule has 0 saturated heterocycles. The monoisotopic (exact) mass is 262 g/mol. The van der Waals surface area contributed by atoms with E-state index in [4.69, 9.17) is 16.2 Å². The van der Waals surface area contributed by atoms with Crippen LogP contribution in [0.3, 0.4) is 0 Å². The van der Waals surface area contributed by atoms with Crippen molar-refractivity contribution in [3.63, 3.8) is 0 Å². The van der Waals surface area contributed by atoms with Gasteiger partial charge in [0.2, 0.25) is 0 Å². The molecule has 0 radical (unpaired) electrons. The Morgan fingerprint density at radius 1 is 1.26 bits per heavy atom. The van der Waals surface area contributed by atoms with Gasteiger partial charge in [-0.25, -0.2) is 4.68 Å². The molecule has 0 aliphatic heterocycles. The van der Waals surface area contributed by atoms with Gasteiger partial charge in [-0.3, -0.25) is 0 Å². The van der Waals surface area contributed by atoms with Crippen molar-refractivity contribution in [1.29, 1.82) is 0 Å². The number of tetrazole rings is 1. The van der Waals surface area contributed by atoms with Crippen molar-refractivity contribution in [3.05, 3.63) is 18.2 Å². The fourth-order valence-corrected chi connectivity index (χ4v) is 1.85. The van der Waals surface area contributed by atoms with Crippen LogP contribution in [0.4, 0.5) is 11.4 Å². The van der Waals surface area contributed by atoms with Crippen LogP contribution in [0.25, 0.3) is 11.4 Å². The lowest BCUT2D eigenvalue weighted by Crippen LogP contribution is -2.15. The largest absolute Gasteiger partial charge is 0.399 e. The number of nitrogen functional groups attached to an aromatic ring is 2. The summed E-state index contributed by atoms with van der Waals surface area (Å²) in [6.07, 6.45) is 0. The molecule has 0 amide bonds. The quantitative estimate of drug-likeness (QED) is 0.782. The summed E-state index contributed by atoms with van der Waals surface area (Å²) < 4.78 is 7.10. The molecule has 0 aliphatic rings. The topological polar surface area (TPSA) is 105 Å². The first-order chi connectivity index (χ1) is 9.11. The molecule has 1 heterocycles. The SMILES string of the molecule is CCOCC(C)n1nnnc1-c1cc(N)cc(N)c1. The van der Waals surface area contributed by atoms with Crippen molar-refractivity contribution in [1.82, 2.24) is 20.2 Å². The summed E-state index contributed by atoms with van der Waals surface area (Å²) in [5.41, 5.74) is 13.5. The first kappa shape index (κ1) is 13.3. The molecule has 19 heavy (non-hydrogen) atoms. The zero-order chi connectivity index (χ0) is 13.8. The molecular weight excluding hydrogens is 244 g/mol. The average Bonchev–Trinajstić information content (AvgIpc) is 2.84. The van der Waals surface area contributed by atoms with E-state index in [9.17, 15) is 0 Å². The Morgan fingerprint density at radius 3 is 2.58 bits per heavy atom. The Balaban J connectivity index is 2.32. The van der Waals surface area contributed by atoms with Gasteiger partial charge in [0.15, 0.2) is 5.82 Å². The van der Waals surface area contributed by atoms with Crippen LogP contribution in [0.5, 0.6) is 0 Å². The van der Waals surface area contributed by atoms with Crippen LogP contribution < -0.4 is 11.5 Å². The van der Waals surface area contributed by atoms with Crippen LogP contribution in [0.15, 0.2) is 18.2 Å². The van der Waals surface area contributed by atoms with Crippen molar-refractivity contribution in [2.45, 2.75) is 19.9 Å². The molecular formula is C12H18N6O. The minimum Gasteiger partial charge on any atom is -0.399 e. The standard InChI is InChI=1S/C12H18N6O/c1-3-19-7-8(2)18-12(15-16-17-18)9-4-10(13)6-11(14)5-9/h4-6,8H,3,7,13-14H2,1-2H3. The number of benzene rings is 1. The highest BCUT2D eigenvalue weighted by Crippen LogP contribution is 2.24. The molecule has 1 aromatic carbocycles. The average molecular weight is 262 g/mol. The van der Waals surface area contributed by atoms with Gasteiger partial charge in [0.1, 0.15) is 0 Å². The van der Waals surface area contributed by atoms with E-state index in [1.807, 2.05) is 13.8 Å². The van der Waals surface area contributed by atoms with Gasteiger partial charge in [-0.1, -0.05) is 0 Å². The van der Waals surface area contributed by atoms with E-state index < -0.39 is 0 Å². The Labute approximate surface area is 111 Å². The highest BCUT2D eigenvalue weighted by molar-refractivity contribution is 5.67. The van der Waals surface area contributed by atoms with Crippen LogP contribution in [-0.4, -0.2) is 33.4 Å². The van der Waals surface area contributed by atoms with E-state index in [0.717, 1.165) is 5.56 Å². The lowest BCUT2D eigenvalue weighted by molar-refractivity contribution is 0.115. The fraction of sp³-hybridized carbons (Fsp3) is 0.417. The Bertz CT molecular complexity index is 533. The zero-order valence-electron chi connectivity index (χ0n) is 11.1. The third-order valence-electron chi connectivity index (χ3n) is 2.71. The number of nitrogens with zero attached hydrogens (tertiary/aromatic N) is 4. The molecule has 1 aromatic heterocycles. The summed E-state index contributed by atoms with van der Waals surface area (Å²) >= 11 is 0. The van der Waals surface area contributed by atoms with Gasteiger partial charge in [-0.15, -0.1) is 5.10 Å². The number of nitrogens with two attached hydrogens (primary N) is 2. The van der Waals surface area contributed by atoms with E-state index in [0.29, 0.717) is 30.4 Å². The second-order valence-corrected chi connectivity index (χ2v) is 4.34. The fourth-order valence-electron chi connectivity index (χ4n) is 1.85. The molecule has 0 fully saturated rings. The highest BCUT2D eigenvalue weighted by atomic mass is 16.5. The van der Waals surface area contributed by atoms with Gasteiger partial charge in [0, 0.05) is 23.5 Å². The smallest absolute Gasteiger partial charge is 0.182 e. The summed E-state index contributed by atoms with van der Waals surface area (Å²) in [6, 6.07) is 5.33. The molecule has 0 aliphatic carbocycles. The molecule has 4 N–H and O–H groups in total. The maximum absolute atomic E-state index is 5.79. The summed E-state index contributed by atoms with van der Waals surface area (Å²) in [5, 5.41) is 11.7. The molecule has 1 atom stereocenters. The molecule has 2 rings (SSSR count). The molecule has 2 aromatic rings. The van der Waals surface area contributed by atoms with Crippen LogP contribution >= 0.6 is 0 Å². The first-order valence-corrected chi connectivity index (χ1v) is 6.13. The second-order valence-electron chi connectivity index (χ2n) is 4.34. The van der Waals surface area contributed by atoms with Gasteiger partial charge in [0.05, 0.1) is 12.6 Å².